The summed E-state index contributed by atoms with van der Waals surface area (Å²) in [5.41, 5.74) is 0. The minimum atomic E-state index is -0.711. The molecule has 134 valence electrons. The van der Waals surface area contributed by atoms with Crippen molar-refractivity contribution in [2.24, 2.45) is 29.6 Å². The van der Waals surface area contributed by atoms with Crippen LogP contribution >= 0.6 is 11.6 Å². The summed E-state index contributed by atoms with van der Waals surface area (Å²) < 4.78 is 29.3. The van der Waals surface area contributed by atoms with E-state index < -0.39 is 12.3 Å². The van der Waals surface area contributed by atoms with Gasteiger partial charge >= 0.3 is 0 Å². The molecule has 0 heterocycles. The molecular weight excluding hydrogens is 314 g/mol. The van der Waals surface area contributed by atoms with Crippen molar-refractivity contribution in [1.29, 1.82) is 0 Å². The Bertz CT molecular complexity index is 375. The van der Waals surface area contributed by atoms with Gasteiger partial charge in [0.2, 0.25) is 0 Å². The molecule has 0 aromatic heterocycles. The van der Waals surface area contributed by atoms with Gasteiger partial charge in [0.25, 0.3) is 0 Å². The van der Waals surface area contributed by atoms with Crippen molar-refractivity contribution < 1.29 is 8.78 Å². The minimum Gasteiger partial charge on any atom is -0.247 e. The Kier molecular flexibility index (Phi) is 6.26. The third kappa shape index (κ3) is 4.41. The van der Waals surface area contributed by atoms with Gasteiger partial charge in [0, 0.05) is 5.38 Å². The van der Waals surface area contributed by atoms with Gasteiger partial charge in [0.1, 0.15) is 12.3 Å². The van der Waals surface area contributed by atoms with Crippen LogP contribution in [0.15, 0.2) is 0 Å². The van der Waals surface area contributed by atoms with Gasteiger partial charge in [-0.25, -0.2) is 8.78 Å². The van der Waals surface area contributed by atoms with Gasteiger partial charge in [-0.3, -0.25) is 0 Å². The van der Waals surface area contributed by atoms with Crippen molar-refractivity contribution in [1.82, 2.24) is 0 Å². The zero-order chi connectivity index (χ0) is 16.4. The first-order valence-electron chi connectivity index (χ1n) is 9.96. The lowest BCUT2D eigenvalue weighted by molar-refractivity contribution is 0.0145. The normalized spacial score (nSPS) is 49.6. The van der Waals surface area contributed by atoms with Gasteiger partial charge in [0.05, 0.1) is 0 Å². The van der Waals surface area contributed by atoms with Crippen LogP contribution in [0.2, 0.25) is 0 Å². The Hall–Kier alpha value is 0.150. The molecule has 3 aliphatic rings. The highest BCUT2D eigenvalue weighted by atomic mass is 35.5. The average Bonchev–Trinajstić information content (AvgIpc) is 2.72. The molecule has 0 saturated heterocycles. The van der Waals surface area contributed by atoms with E-state index in [-0.39, 0.29) is 17.8 Å². The van der Waals surface area contributed by atoms with Crippen LogP contribution in [0.3, 0.4) is 0 Å². The van der Waals surface area contributed by atoms with E-state index in [9.17, 15) is 8.78 Å². The minimum absolute atomic E-state index is 0.131. The molecule has 0 nitrogen and oxygen atoms in total. The first-order chi connectivity index (χ1) is 11.0. The molecule has 23 heavy (non-hydrogen) atoms. The maximum absolute atomic E-state index is 14.9. The molecule has 0 aliphatic heterocycles. The van der Waals surface area contributed by atoms with E-state index in [1.165, 1.54) is 0 Å². The van der Waals surface area contributed by atoms with Crippen LogP contribution in [-0.2, 0) is 0 Å². The fourth-order valence-corrected chi connectivity index (χ4v) is 5.95. The fourth-order valence-electron chi connectivity index (χ4n) is 5.67. The molecule has 3 heteroatoms. The fraction of sp³-hybridized carbons (Fsp3) is 1.00. The van der Waals surface area contributed by atoms with Crippen molar-refractivity contribution in [2.45, 2.75) is 95.3 Å². The van der Waals surface area contributed by atoms with Crippen molar-refractivity contribution in [3.8, 4) is 0 Å². The summed E-state index contributed by atoms with van der Waals surface area (Å²) in [5, 5.41) is 0.297. The highest BCUT2D eigenvalue weighted by Crippen LogP contribution is 2.47. The van der Waals surface area contributed by atoms with Gasteiger partial charge in [-0.1, -0.05) is 26.2 Å². The van der Waals surface area contributed by atoms with Gasteiger partial charge in [-0.05, 0) is 81.0 Å². The zero-order valence-electron chi connectivity index (χ0n) is 14.5. The summed E-state index contributed by atoms with van der Waals surface area (Å²) in [5.74, 6) is 1.66. The topological polar surface area (TPSA) is 0 Å². The highest BCUT2D eigenvalue weighted by molar-refractivity contribution is 6.20. The second kappa shape index (κ2) is 8.02. The predicted octanol–water partition coefficient (Wildman–Crippen LogP) is 6.70. The summed E-state index contributed by atoms with van der Waals surface area (Å²) in [6.45, 7) is 2.15. The molecule has 0 bridgehead atoms. The predicted molar refractivity (Wildman–Crippen MR) is 93.3 cm³/mol. The zero-order valence-corrected chi connectivity index (χ0v) is 15.3. The average molecular weight is 347 g/mol. The van der Waals surface area contributed by atoms with Crippen LogP contribution in [-0.4, -0.2) is 17.7 Å². The monoisotopic (exact) mass is 346 g/mol. The number of alkyl halides is 3. The number of hydrogen-bond acceptors (Lipinski definition) is 0. The summed E-state index contributed by atoms with van der Waals surface area (Å²) in [6, 6.07) is 0. The van der Waals surface area contributed by atoms with E-state index in [4.69, 9.17) is 11.6 Å². The SMILES string of the molecule is CC1CCC(C2CCC(C3CCCC(Cl)CC3)C(F)C2)C(F)C1. The molecule has 0 N–H and O–H groups in total. The number of rotatable bonds is 2. The maximum Gasteiger partial charge on any atom is 0.103 e. The third-order valence-corrected chi connectivity index (χ3v) is 7.54. The summed E-state index contributed by atoms with van der Waals surface area (Å²) in [4.78, 5) is 0. The molecule has 0 amide bonds. The van der Waals surface area contributed by atoms with Gasteiger partial charge in [0.15, 0.2) is 0 Å². The Morgan fingerprint density at radius 1 is 0.696 bits per heavy atom. The number of hydrogen-bond donors (Lipinski definition) is 0. The van der Waals surface area contributed by atoms with Crippen LogP contribution in [0.25, 0.3) is 0 Å². The third-order valence-electron chi connectivity index (χ3n) is 7.10. The molecule has 0 aromatic carbocycles. The smallest absolute Gasteiger partial charge is 0.103 e. The molecule has 0 aromatic rings. The molecular formula is C20H33ClF2. The molecule has 3 saturated carbocycles. The number of halogens is 3. The standard InChI is InChI=1S/C20H33ClF2/c1-13-5-9-18(19(22)11-13)15-7-10-17(20(23)12-15)14-3-2-4-16(21)8-6-14/h13-20H,2-12H2,1H3. The van der Waals surface area contributed by atoms with E-state index in [0.29, 0.717) is 30.1 Å². The van der Waals surface area contributed by atoms with Crippen molar-refractivity contribution in [3.05, 3.63) is 0 Å². The Morgan fingerprint density at radius 3 is 2.09 bits per heavy atom. The van der Waals surface area contributed by atoms with Gasteiger partial charge < -0.3 is 0 Å². The van der Waals surface area contributed by atoms with Crippen LogP contribution in [0.4, 0.5) is 8.78 Å². The Labute approximate surface area is 145 Å². The molecule has 3 aliphatic carbocycles. The lowest BCUT2D eigenvalue weighted by Gasteiger charge is -2.42. The molecule has 8 atom stereocenters. The van der Waals surface area contributed by atoms with Crippen LogP contribution in [0.1, 0.15) is 77.6 Å². The summed E-state index contributed by atoms with van der Waals surface area (Å²) in [7, 11) is 0. The molecule has 0 radical (unpaired) electrons. The van der Waals surface area contributed by atoms with E-state index in [0.717, 1.165) is 57.8 Å². The van der Waals surface area contributed by atoms with Crippen LogP contribution in [0, 0.1) is 29.6 Å². The van der Waals surface area contributed by atoms with E-state index >= 15 is 0 Å². The lowest BCUT2D eigenvalue weighted by atomic mass is 9.65. The second-order valence-corrected chi connectivity index (χ2v) is 9.33. The second-order valence-electron chi connectivity index (χ2n) is 8.72. The van der Waals surface area contributed by atoms with Crippen molar-refractivity contribution in [2.75, 3.05) is 0 Å². The van der Waals surface area contributed by atoms with Crippen LogP contribution in [0.5, 0.6) is 0 Å². The summed E-state index contributed by atoms with van der Waals surface area (Å²) in [6.07, 6.45) is 9.56. The van der Waals surface area contributed by atoms with Gasteiger partial charge in [-0.2, -0.15) is 0 Å². The quantitative estimate of drug-likeness (QED) is 0.385. The first kappa shape index (κ1) is 18.0. The first-order valence-corrected chi connectivity index (χ1v) is 10.4. The van der Waals surface area contributed by atoms with Crippen LogP contribution < -0.4 is 0 Å². The van der Waals surface area contributed by atoms with E-state index in [1.54, 1.807) is 0 Å². The molecule has 0 spiro atoms. The maximum atomic E-state index is 14.9. The Balaban J connectivity index is 1.54. The van der Waals surface area contributed by atoms with Gasteiger partial charge in [-0.15, -0.1) is 11.6 Å². The largest absolute Gasteiger partial charge is 0.247 e. The summed E-state index contributed by atoms with van der Waals surface area (Å²) >= 11 is 6.28. The van der Waals surface area contributed by atoms with E-state index in [2.05, 4.69) is 6.92 Å². The van der Waals surface area contributed by atoms with E-state index in [1.807, 2.05) is 0 Å². The molecule has 8 unspecified atom stereocenters. The highest BCUT2D eigenvalue weighted by Gasteiger charge is 2.41. The van der Waals surface area contributed by atoms with Crippen molar-refractivity contribution in [3.63, 3.8) is 0 Å². The molecule has 3 fully saturated rings. The lowest BCUT2D eigenvalue weighted by Crippen LogP contribution is -2.38. The molecule has 3 rings (SSSR count). The van der Waals surface area contributed by atoms with Crippen molar-refractivity contribution >= 4 is 11.6 Å². The Morgan fingerprint density at radius 2 is 1.35 bits per heavy atom.